The number of hydrogen-bond acceptors (Lipinski definition) is 5. The Morgan fingerprint density at radius 3 is 2.80 bits per heavy atom. The Kier molecular flexibility index (Phi) is 3.65. The lowest BCUT2D eigenvalue weighted by Gasteiger charge is -2.08. The molecule has 0 saturated carbocycles. The zero-order valence-electron chi connectivity index (χ0n) is 10.6. The number of nitro benzene ring substituents is 1. The van der Waals surface area contributed by atoms with Crippen molar-refractivity contribution in [3.05, 3.63) is 46.3 Å². The van der Waals surface area contributed by atoms with Crippen molar-refractivity contribution >= 4 is 17.3 Å². The quantitative estimate of drug-likeness (QED) is 0.498. The topological polar surface area (TPSA) is 110 Å². The molecule has 1 aromatic heterocycles. The van der Waals surface area contributed by atoms with Crippen molar-refractivity contribution in [3.63, 3.8) is 0 Å². The Bertz CT molecular complexity index is 665. The molecule has 0 aliphatic rings. The maximum absolute atomic E-state index is 11.8. The molecule has 1 amide bonds. The Balaban J connectivity index is 2.08. The molecule has 2 N–H and O–H groups in total. The number of non-ortho nitro benzene ring substituents is 1. The van der Waals surface area contributed by atoms with Crippen LogP contribution in [0.3, 0.4) is 0 Å². The van der Waals surface area contributed by atoms with E-state index in [1.54, 1.807) is 12.3 Å². The fourth-order valence-electron chi connectivity index (χ4n) is 1.63. The van der Waals surface area contributed by atoms with Gasteiger partial charge in [0.1, 0.15) is 12.3 Å². The Morgan fingerprint density at radius 2 is 2.25 bits per heavy atom. The Hall–Kier alpha value is -2.90. The molecule has 0 fully saturated rings. The number of aromatic nitrogens is 2. The van der Waals surface area contributed by atoms with Crippen LogP contribution in [0.5, 0.6) is 5.75 Å². The fourth-order valence-corrected chi connectivity index (χ4v) is 1.63. The third kappa shape index (κ3) is 2.91. The second-order valence-corrected chi connectivity index (χ2v) is 4.14. The van der Waals surface area contributed by atoms with E-state index in [4.69, 9.17) is 0 Å². The molecule has 1 heterocycles. The summed E-state index contributed by atoms with van der Waals surface area (Å²) >= 11 is 0. The molecule has 104 valence electrons. The van der Waals surface area contributed by atoms with Gasteiger partial charge in [0, 0.05) is 18.0 Å². The zero-order valence-corrected chi connectivity index (χ0v) is 10.6. The number of nitro groups is 1. The van der Waals surface area contributed by atoms with Crippen LogP contribution in [-0.4, -0.2) is 25.7 Å². The lowest BCUT2D eigenvalue weighted by Crippen LogP contribution is -2.20. The minimum Gasteiger partial charge on any atom is -0.506 e. The normalized spacial score (nSPS) is 10.2. The lowest BCUT2D eigenvalue weighted by molar-refractivity contribution is -0.384. The van der Waals surface area contributed by atoms with E-state index in [0.29, 0.717) is 0 Å². The van der Waals surface area contributed by atoms with Crippen LogP contribution in [0.2, 0.25) is 0 Å². The first-order valence-corrected chi connectivity index (χ1v) is 5.73. The van der Waals surface area contributed by atoms with Gasteiger partial charge >= 0.3 is 0 Å². The molecule has 8 heteroatoms. The van der Waals surface area contributed by atoms with Gasteiger partial charge in [0.2, 0.25) is 5.91 Å². The van der Waals surface area contributed by atoms with Gasteiger partial charge in [-0.25, -0.2) is 0 Å². The highest BCUT2D eigenvalue weighted by atomic mass is 16.6. The van der Waals surface area contributed by atoms with E-state index >= 15 is 0 Å². The second-order valence-electron chi connectivity index (χ2n) is 4.14. The number of benzene rings is 1. The van der Waals surface area contributed by atoms with Gasteiger partial charge in [-0.2, -0.15) is 5.10 Å². The summed E-state index contributed by atoms with van der Waals surface area (Å²) in [6.45, 7) is 1.80. The van der Waals surface area contributed by atoms with Gasteiger partial charge in [-0.05, 0) is 19.1 Å². The summed E-state index contributed by atoms with van der Waals surface area (Å²) in [6, 6.07) is 5.22. The number of rotatable bonds is 4. The van der Waals surface area contributed by atoms with Crippen LogP contribution in [-0.2, 0) is 11.3 Å². The first kappa shape index (κ1) is 13.5. The average Bonchev–Trinajstić information content (AvgIpc) is 2.77. The molecule has 0 bridgehead atoms. The number of phenolic OH excluding ortho intramolecular Hbond substituents is 1. The predicted octanol–water partition coefficient (Wildman–Crippen LogP) is 1.44. The van der Waals surface area contributed by atoms with Crippen LogP contribution in [0.1, 0.15) is 5.69 Å². The van der Waals surface area contributed by atoms with Gasteiger partial charge in [-0.15, -0.1) is 0 Å². The zero-order chi connectivity index (χ0) is 14.7. The lowest BCUT2D eigenvalue weighted by atomic mass is 10.2. The smallest absolute Gasteiger partial charge is 0.273 e. The number of nitrogens with zero attached hydrogens (tertiary/aromatic N) is 3. The highest BCUT2D eigenvalue weighted by Gasteiger charge is 2.12. The summed E-state index contributed by atoms with van der Waals surface area (Å²) in [5.41, 5.74) is 0.696. The molecule has 0 aliphatic heterocycles. The number of nitrogens with one attached hydrogen (secondary N) is 1. The molecule has 2 rings (SSSR count). The van der Waals surface area contributed by atoms with Gasteiger partial charge < -0.3 is 10.4 Å². The molecule has 0 spiro atoms. The molecule has 0 radical (unpaired) electrons. The highest BCUT2D eigenvalue weighted by molar-refractivity contribution is 5.92. The van der Waals surface area contributed by atoms with Gasteiger partial charge in [-0.3, -0.25) is 19.6 Å². The third-order valence-electron chi connectivity index (χ3n) is 2.69. The van der Waals surface area contributed by atoms with E-state index < -0.39 is 4.92 Å². The van der Waals surface area contributed by atoms with E-state index in [9.17, 15) is 20.0 Å². The number of carbonyl (C=O) groups is 1. The predicted molar refractivity (Wildman–Crippen MR) is 70.4 cm³/mol. The van der Waals surface area contributed by atoms with Crippen molar-refractivity contribution in [1.82, 2.24) is 9.78 Å². The number of hydrogen-bond donors (Lipinski definition) is 2. The summed E-state index contributed by atoms with van der Waals surface area (Å²) < 4.78 is 1.50. The molecule has 1 aromatic carbocycles. The first-order chi connectivity index (χ1) is 9.47. The van der Waals surface area contributed by atoms with E-state index in [-0.39, 0.29) is 29.6 Å². The van der Waals surface area contributed by atoms with Gasteiger partial charge in [0.25, 0.3) is 5.69 Å². The largest absolute Gasteiger partial charge is 0.506 e. The average molecular weight is 276 g/mol. The molecule has 2 aromatic rings. The molecule has 0 unspecified atom stereocenters. The maximum Gasteiger partial charge on any atom is 0.273 e. The van der Waals surface area contributed by atoms with Crippen molar-refractivity contribution in [2.45, 2.75) is 13.5 Å². The van der Waals surface area contributed by atoms with Crippen LogP contribution in [0.15, 0.2) is 30.5 Å². The summed E-state index contributed by atoms with van der Waals surface area (Å²) in [4.78, 5) is 21.7. The van der Waals surface area contributed by atoms with Crippen LogP contribution in [0.4, 0.5) is 11.4 Å². The maximum atomic E-state index is 11.8. The van der Waals surface area contributed by atoms with Crippen LogP contribution < -0.4 is 5.32 Å². The first-order valence-electron chi connectivity index (χ1n) is 5.73. The Labute approximate surface area is 113 Å². The molecule has 0 saturated heterocycles. The van der Waals surface area contributed by atoms with E-state index in [1.807, 2.05) is 6.92 Å². The molecule has 20 heavy (non-hydrogen) atoms. The van der Waals surface area contributed by atoms with Crippen LogP contribution in [0, 0.1) is 17.0 Å². The van der Waals surface area contributed by atoms with Crippen molar-refractivity contribution < 1.29 is 14.8 Å². The van der Waals surface area contributed by atoms with Gasteiger partial charge in [-0.1, -0.05) is 0 Å². The van der Waals surface area contributed by atoms with Gasteiger partial charge in [0.15, 0.2) is 0 Å². The summed E-state index contributed by atoms with van der Waals surface area (Å²) in [5, 5.41) is 26.6. The molecule has 0 aliphatic carbocycles. The number of carbonyl (C=O) groups excluding carboxylic acids is 1. The Morgan fingerprint density at radius 1 is 1.50 bits per heavy atom. The van der Waals surface area contributed by atoms with E-state index in [1.165, 1.54) is 16.8 Å². The van der Waals surface area contributed by atoms with Crippen molar-refractivity contribution in [2.24, 2.45) is 0 Å². The van der Waals surface area contributed by atoms with E-state index in [0.717, 1.165) is 11.8 Å². The fraction of sp³-hybridized carbons (Fsp3) is 0.167. The summed E-state index contributed by atoms with van der Waals surface area (Å²) in [6.07, 6.45) is 1.58. The van der Waals surface area contributed by atoms with Crippen LogP contribution >= 0.6 is 0 Å². The number of anilines is 1. The standard InChI is InChI=1S/C12H12N4O4/c1-8-4-5-13-15(8)7-12(18)14-10-3-2-9(16(19)20)6-11(10)17/h2-6,17H,7H2,1H3,(H,14,18). The molecular weight excluding hydrogens is 264 g/mol. The van der Waals surface area contributed by atoms with Crippen molar-refractivity contribution in [1.29, 1.82) is 0 Å². The highest BCUT2D eigenvalue weighted by Crippen LogP contribution is 2.27. The SMILES string of the molecule is Cc1ccnn1CC(=O)Nc1ccc([N+](=O)[O-])cc1O. The van der Waals surface area contributed by atoms with Crippen molar-refractivity contribution in [3.8, 4) is 5.75 Å². The minimum atomic E-state index is -0.627. The monoisotopic (exact) mass is 276 g/mol. The minimum absolute atomic E-state index is 0.00470. The van der Waals surface area contributed by atoms with Gasteiger partial charge in [0.05, 0.1) is 16.7 Å². The second kappa shape index (κ2) is 5.39. The van der Waals surface area contributed by atoms with Crippen molar-refractivity contribution in [2.75, 3.05) is 5.32 Å². The molecule has 0 atom stereocenters. The number of phenols is 1. The number of aromatic hydroxyl groups is 1. The summed E-state index contributed by atoms with van der Waals surface area (Å²) in [5.74, 6) is -0.745. The van der Waals surface area contributed by atoms with E-state index in [2.05, 4.69) is 10.4 Å². The van der Waals surface area contributed by atoms with Crippen LogP contribution in [0.25, 0.3) is 0 Å². The number of aryl methyl sites for hydroxylation is 1. The molecular formula is C12H12N4O4. The number of amides is 1. The third-order valence-corrected chi connectivity index (χ3v) is 2.69. The summed E-state index contributed by atoms with van der Waals surface area (Å²) in [7, 11) is 0. The molecule has 8 nitrogen and oxygen atoms in total.